The van der Waals surface area contributed by atoms with E-state index in [9.17, 15) is 21.6 Å². The van der Waals surface area contributed by atoms with Crippen molar-refractivity contribution in [2.75, 3.05) is 19.8 Å². The molecule has 3 rings (SSSR count). The van der Waals surface area contributed by atoms with Crippen LogP contribution >= 0.6 is 11.8 Å². The van der Waals surface area contributed by atoms with E-state index in [0.717, 1.165) is 17.0 Å². The summed E-state index contributed by atoms with van der Waals surface area (Å²) in [5.74, 6) is -0.367. The molecule has 1 aliphatic rings. The summed E-state index contributed by atoms with van der Waals surface area (Å²) in [6.45, 7) is 1.35. The first-order valence-electron chi connectivity index (χ1n) is 9.13. The minimum Gasteiger partial charge on any atom is -0.381 e. The van der Waals surface area contributed by atoms with Gasteiger partial charge in [0, 0.05) is 29.4 Å². The Bertz CT molecular complexity index is 895. The lowest BCUT2D eigenvalue weighted by Crippen LogP contribution is -2.44. The second kappa shape index (κ2) is 9.07. The van der Waals surface area contributed by atoms with Crippen molar-refractivity contribution < 1.29 is 26.3 Å². The van der Waals surface area contributed by atoms with Gasteiger partial charge in [0.15, 0.2) is 0 Å². The number of sulfonamides is 1. The van der Waals surface area contributed by atoms with E-state index < -0.39 is 21.8 Å². The van der Waals surface area contributed by atoms with Crippen LogP contribution in [0.25, 0.3) is 0 Å². The molecule has 1 saturated heterocycles. The maximum Gasteiger partial charge on any atom is 0.416 e. The van der Waals surface area contributed by atoms with Gasteiger partial charge in [-0.25, -0.2) is 13.1 Å². The van der Waals surface area contributed by atoms with Crippen molar-refractivity contribution in [3.05, 3.63) is 65.7 Å². The van der Waals surface area contributed by atoms with Crippen LogP contribution in [-0.2, 0) is 26.7 Å². The van der Waals surface area contributed by atoms with Crippen LogP contribution in [-0.4, -0.2) is 32.9 Å². The number of benzene rings is 2. The quantitative estimate of drug-likeness (QED) is 0.684. The molecule has 0 aliphatic carbocycles. The van der Waals surface area contributed by atoms with Crippen LogP contribution in [0.1, 0.15) is 24.0 Å². The number of ether oxygens (including phenoxy) is 1. The van der Waals surface area contributed by atoms with E-state index in [1.165, 1.54) is 12.1 Å². The fraction of sp³-hybridized carbons (Fsp3) is 0.400. The van der Waals surface area contributed by atoms with Gasteiger partial charge in [0.25, 0.3) is 0 Å². The van der Waals surface area contributed by atoms with Crippen molar-refractivity contribution in [1.82, 2.24) is 4.72 Å². The van der Waals surface area contributed by atoms with E-state index in [1.54, 1.807) is 11.8 Å². The molecule has 0 atom stereocenters. The Morgan fingerprint density at radius 1 is 1.00 bits per heavy atom. The third-order valence-corrected chi connectivity index (χ3v) is 7.52. The smallest absolute Gasteiger partial charge is 0.381 e. The summed E-state index contributed by atoms with van der Waals surface area (Å²) in [5.41, 5.74) is -0.491. The normalized spacial score (nSPS) is 17.2. The van der Waals surface area contributed by atoms with Gasteiger partial charge in [-0.15, -0.1) is 11.8 Å². The molecule has 0 bridgehead atoms. The molecule has 4 nitrogen and oxygen atoms in total. The predicted molar refractivity (Wildman–Crippen MR) is 107 cm³/mol. The molecule has 0 unspecified atom stereocenters. The van der Waals surface area contributed by atoms with Crippen LogP contribution in [0.15, 0.2) is 59.5 Å². The van der Waals surface area contributed by atoms with Crippen molar-refractivity contribution >= 4 is 21.8 Å². The highest BCUT2D eigenvalue weighted by Gasteiger charge is 2.35. The molecular formula is C20H22F3NO3S2. The summed E-state index contributed by atoms with van der Waals surface area (Å²) in [6, 6.07) is 14.0. The molecule has 9 heteroatoms. The summed E-state index contributed by atoms with van der Waals surface area (Å²) in [7, 11) is -3.70. The van der Waals surface area contributed by atoms with Crippen molar-refractivity contribution in [2.24, 2.45) is 0 Å². The number of nitrogens with one attached hydrogen (secondary N) is 1. The van der Waals surface area contributed by atoms with Crippen LogP contribution < -0.4 is 4.72 Å². The molecule has 2 aromatic carbocycles. The highest BCUT2D eigenvalue weighted by atomic mass is 32.2. The number of thioether (sulfide) groups is 1. The summed E-state index contributed by atoms with van der Waals surface area (Å²) < 4.78 is 70.9. The molecule has 0 amide bonds. The van der Waals surface area contributed by atoms with E-state index in [4.69, 9.17) is 4.74 Å². The molecule has 1 aliphatic heterocycles. The Balaban J connectivity index is 1.66. The van der Waals surface area contributed by atoms with Crippen LogP contribution in [0.5, 0.6) is 0 Å². The van der Waals surface area contributed by atoms with Gasteiger partial charge >= 0.3 is 6.18 Å². The SMILES string of the molecule is O=S(=O)(Cc1ccc(C(F)(F)F)cc1)NCC1(Sc2ccccc2)CCOCC1. The highest BCUT2D eigenvalue weighted by molar-refractivity contribution is 8.00. The van der Waals surface area contributed by atoms with Crippen molar-refractivity contribution in [1.29, 1.82) is 0 Å². The lowest BCUT2D eigenvalue weighted by atomic mass is 9.99. The monoisotopic (exact) mass is 445 g/mol. The summed E-state index contributed by atoms with van der Waals surface area (Å²) >= 11 is 1.63. The molecule has 158 valence electrons. The Morgan fingerprint density at radius 3 is 2.21 bits per heavy atom. The Kier molecular flexibility index (Phi) is 6.93. The number of alkyl halides is 3. The average Bonchev–Trinajstić information content (AvgIpc) is 2.68. The second-order valence-corrected chi connectivity index (χ2v) is 10.3. The minimum atomic E-state index is -4.44. The van der Waals surface area contributed by atoms with Gasteiger partial charge in [-0.05, 0) is 42.7 Å². The molecular weight excluding hydrogens is 423 g/mol. The van der Waals surface area contributed by atoms with E-state index in [1.807, 2.05) is 30.3 Å². The van der Waals surface area contributed by atoms with Gasteiger partial charge in [0.05, 0.1) is 11.3 Å². The van der Waals surface area contributed by atoms with E-state index in [0.29, 0.717) is 31.6 Å². The summed E-state index contributed by atoms with van der Waals surface area (Å²) in [5, 5.41) is 0. The lowest BCUT2D eigenvalue weighted by molar-refractivity contribution is -0.137. The first kappa shape index (κ1) is 22.1. The zero-order valence-electron chi connectivity index (χ0n) is 15.6. The summed E-state index contributed by atoms with van der Waals surface area (Å²) in [4.78, 5) is 1.05. The van der Waals surface area contributed by atoms with Crippen molar-refractivity contribution in [3.8, 4) is 0 Å². The van der Waals surface area contributed by atoms with Gasteiger partial charge < -0.3 is 4.74 Å². The number of hydrogen-bond acceptors (Lipinski definition) is 4. The predicted octanol–water partition coefficient (Wildman–Crippen LogP) is 4.47. The fourth-order valence-corrected chi connectivity index (χ4v) is 5.73. The van der Waals surface area contributed by atoms with Crippen LogP contribution in [0.3, 0.4) is 0 Å². The zero-order chi connectivity index (χ0) is 21.0. The average molecular weight is 446 g/mol. The Morgan fingerprint density at radius 2 is 1.62 bits per heavy atom. The molecule has 0 spiro atoms. The minimum absolute atomic E-state index is 0.235. The number of rotatable bonds is 7. The Labute approximate surface area is 172 Å². The maximum absolute atomic E-state index is 12.7. The first-order valence-corrected chi connectivity index (χ1v) is 11.6. The maximum atomic E-state index is 12.7. The van der Waals surface area contributed by atoms with Gasteiger partial charge in [0.1, 0.15) is 0 Å². The topological polar surface area (TPSA) is 55.4 Å². The second-order valence-electron chi connectivity index (χ2n) is 6.99. The van der Waals surface area contributed by atoms with E-state index >= 15 is 0 Å². The molecule has 1 N–H and O–H groups in total. The van der Waals surface area contributed by atoms with Gasteiger partial charge in [-0.3, -0.25) is 0 Å². The van der Waals surface area contributed by atoms with Gasteiger partial charge in [-0.2, -0.15) is 13.2 Å². The standard InChI is InChI=1S/C20H22F3NO3S2/c21-20(22,23)17-8-6-16(7-9-17)14-29(25,26)24-15-19(10-12-27-13-11-19)28-18-4-2-1-3-5-18/h1-9,24H,10-15H2. The molecule has 0 aromatic heterocycles. The summed E-state index contributed by atoms with van der Waals surface area (Å²) in [6.07, 6.45) is -3.04. The van der Waals surface area contributed by atoms with Gasteiger partial charge in [-0.1, -0.05) is 30.3 Å². The third kappa shape index (κ3) is 6.47. The molecule has 29 heavy (non-hydrogen) atoms. The molecule has 0 radical (unpaired) electrons. The molecule has 1 heterocycles. The zero-order valence-corrected chi connectivity index (χ0v) is 17.2. The van der Waals surface area contributed by atoms with E-state index in [-0.39, 0.29) is 17.0 Å². The fourth-order valence-electron chi connectivity index (χ4n) is 3.10. The highest BCUT2D eigenvalue weighted by Crippen LogP contribution is 2.40. The largest absolute Gasteiger partial charge is 0.416 e. The van der Waals surface area contributed by atoms with Crippen LogP contribution in [0.4, 0.5) is 13.2 Å². The molecule has 1 fully saturated rings. The number of halogens is 3. The lowest BCUT2D eigenvalue weighted by Gasteiger charge is -2.36. The van der Waals surface area contributed by atoms with Crippen LogP contribution in [0.2, 0.25) is 0 Å². The first-order chi connectivity index (χ1) is 13.7. The van der Waals surface area contributed by atoms with Gasteiger partial charge in [0.2, 0.25) is 10.0 Å². The number of hydrogen-bond donors (Lipinski definition) is 1. The third-order valence-electron chi connectivity index (χ3n) is 4.73. The molecule has 0 saturated carbocycles. The van der Waals surface area contributed by atoms with Crippen LogP contribution in [0, 0.1) is 0 Å². The van der Waals surface area contributed by atoms with Crippen molar-refractivity contribution in [3.63, 3.8) is 0 Å². The van der Waals surface area contributed by atoms with E-state index in [2.05, 4.69) is 4.72 Å². The molecule has 2 aromatic rings. The Hall–Kier alpha value is -1.55. The van der Waals surface area contributed by atoms with Crippen molar-refractivity contribution in [2.45, 2.75) is 34.4 Å².